The van der Waals surface area contributed by atoms with Gasteiger partial charge in [0.15, 0.2) is 5.16 Å². The topological polar surface area (TPSA) is 104 Å². The van der Waals surface area contributed by atoms with Crippen molar-refractivity contribution in [2.24, 2.45) is 0 Å². The predicted molar refractivity (Wildman–Crippen MR) is 112 cm³/mol. The Hall–Kier alpha value is -3.53. The summed E-state index contributed by atoms with van der Waals surface area (Å²) in [5, 5.41) is 5.08. The lowest BCUT2D eigenvalue weighted by molar-refractivity contribution is -0.123. The van der Waals surface area contributed by atoms with Crippen molar-refractivity contribution in [1.29, 1.82) is 0 Å². The second-order valence-corrected chi connectivity index (χ2v) is 7.75. The summed E-state index contributed by atoms with van der Waals surface area (Å²) in [5.41, 5.74) is -0.237. The number of rotatable bonds is 5. The highest BCUT2D eigenvalue weighted by Gasteiger charge is 2.35. The molecule has 0 bridgehead atoms. The Morgan fingerprint density at radius 3 is 2.55 bits per heavy atom. The lowest BCUT2D eigenvalue weighted by Gasteiger charge is -2.23. The van der Waals surface area contributed by atoms with Crippen LogP contribution >= 0.6 is 11.8 Å². The van der Waals surface area contributed by atoms with E-state index in [0.29, 0.717) is 5.56 Å². The van der Waals surface area contributed by atoms with Gasteiger partial charge in [-0.2, -0.15) is 0 Å². The van der Waals surface area contributed by atoms with Crippen molar-refractivity contribution in [2.75, 3.05) is 10.6 Å². The van der Waals surface area contributed by atoms with Crippen LogP contribution in [-0.4, -0.2) is 21.8 Å². The number of benzene rings is 2. The minimum atomic E-state index is -1.13. The third kappa shape index (κ3) is 4.48. The van der Waals surface area contributed by atoms with Gasteiger partial charge in [-0.25, -0.2) is 13.8 Å². The Morgan fingerprint density at radius 2 is 1.81 bits per heavy atom. The number of halogens is 2. The van der Waals surface area contributed by atoms with E-state index >= 15 is 0 Å². The molecule has 4 rings (SSSR count). The number of anilines is 2. The van der Waals surface area contributed by atoms with Crippen molar-refractivity contribution in [3.05, 3.63) is 81.6 Å². The number of thioether (sulfide) groups is 1. The fraction of sp³-hybridized carbons (Fsp3) is 0.143. The molecule has 1 aliphatic rings. The summed E-state index contributed by atoms with van der Waals surface area (Å²) >= 11 is 1.08. The summed E-state index contributed by atoms with van der Waals surface area (Å²) in [6.07, 6.45) is -0.278. The van der Waals surface area contributed by atoms with E-state index in [1.54, 1.807) is 24.3 Å². The summed E-state index contributed by atoms with van der Waals surface area (Å²) in [4.78, 5) is 44.4. The molecular weight excluding hydrogens is 426 g/mol. The molecule has 0 fully saturated rings. The smallest absolute Gasteiger partial charge is 0.257 e. The van der Waals surface area contributed by atoms with Crippen molar-refractivity contribution < 1.29 is 18.4 Å². The number of nitrogens with one attached hydrogen (secondary N) is 3. The van der Waals surface area contributed by atoms with E-state index in [2.05, 4.69) is 20.6 Å². The largest absolute Gasteiger partial charge is 0.323 e. The number of aromatic nitrogens is 2. The first-order valence-corrected chi connectivity index (χ1v) is 10.3. The van der Waals surface area contributed by atoms with Crippen LogP contribution in [0.3, 0.4) is 0 Å². The first kappa shape index (κ1) is 20.7. The Bertz CT molecular complexity index is 1230. The van der Waals surface area contributed by atoms with Crippen LogP contribution in [0.25, 0.3) is 0 Å². The number of aromatic amines is 1. The average molecular weight is 442 g/mol. The predicted octanol–water partition coefficient (Wildman–Crippen LogP) is 3.40. The number of nitrogens with zero attached hydrogens (tertiary/aromatic N) is 1. The van der Waals surface area contributed by atoms with E-state index < -0.39 is 29.1 Å². The zero-order valence-electron chi connectivity index (χ0n) is 15.9. The number of hydrogen-bond acceptors (Lipinski definition) is 5. The Labute approximate surface area is 179 Å². The molecule has 0 saturated heterocycles. The van der Waals surface area contributed by atoms with Crippen LogP contribution in [0.4, 0.5) is 20.3 Å². The number of hydrogen-bond donors (Lipinski definition) is 3. The van der Waals surface area contributed by atoms with E-state index in [1.165, 1.54) is 24.3 Å². The zero-order valence-corrected chi connectivity index (χ0v) is 16.8. The molecule has 10 heteroatoms. The van der Waals surface area contributed by atoms with Crippen molar-refractivity contribution in [3.63, 3.8) is 0 Å². The van der Waals surface area contributed by atoms with Gasteiger partial charge < -0.3 is 15.6 Å². The number of amides is 2. The first-order chi connectivity index (χ1) is 14.9. The van der Waals surface area contributed by atoms with Gasteiger partial charge in [0.2, 0.25) is 11.8 Å². The molecule has 0 aliphatic carbocycles. The maximum Gasteiger partial charge on any atom is 0.257 e. The van der Waals surface area contributed by atoms with E-state index in [1.807, 2.05) is 0 Å². The van der Waals surface area contributed by atoms with Crippen LogP contribution in [-0.2, 0) is 15.3 Å². The molecule has 0 saturated carbocycles. The van der Waals surface area contributed by atoms with Gasteiger partial charge in [0.05, 0.1) is 17.2 Å². The molecular formula is C21H16F2N4O3S. The zero-order chi connectivity index (χ0) is 22.0. The van der Waals surface area contributed by atoms with Crippen LogP contribution in [0, 0.1) is 11.6 Å². The molecule has 1 aromatic heterocycles. The molecule has 2 amide bonds. The fourth-order valence-electron chi connectivity index (χ4n) is 3.19. The third-order valence-electron chi connectivity index (χ3n) is 4.70. The highest BCUT2D eigenvalue weighted by molar-refractivity contribution is 7.98. The number of para-hydroxylation sites is 1. The van der Waals surface area contributed by atoms with Gasteiger partial charge in [-0.3, -0.25) is 14.4 Å². The summed E-state index contributed by atoms with van der Waals surface area (Å²) in [5.74, 6) is -3.17. The molecule has 7 nitrogen and oxygen atoms in total. The molecule has 1 aliphatic heterocycles. The van der Waals surface area contributed by atoms with Gasteiger partial charge in [-0.05, 0) is 23.8 Å². The maximum absolute atomic E-state index is 13.9. The van der Waals surface area contributed by atoms with Crippen LogP contribution in [0.2, 0.25) is 0 Å². The van der Waals surface area contributed by atoms with Gasteiger partial charge in [0.25, 0.3) is 5.56 Å². The van der Waals surface area contributed by atoms with Gasteiger partial charge in [-0.15, -0.1) is 0 Å². The van der Waals surface area contributed by atoms with Crippen molar-refractivity contribution in [2.45, 2.75) is 23.2 Å². The molecule has 1 atom stereocenters. The average Bonchev–Trinajstić information content (AvgIpc) is 2.74. The number of carbonyl (C=O) groups is 2. The second-order valence-electron chi connectivity index (χ2n) is 6.79. The SMILES string of the molecule is O=C1C[C@H](C(=O)Nc2ccccc2F)c2c(nc(SCc3ccccc3F)[nH]c2=O)N1. The molecule has 0 unspecified atom stereocenters. The molecule has 0 spiro atoms. The first-order valence-electron chi connectivity index (χ1n) is 9.28. The lowest BCUT2D eigenvalue weighted by Crippen LogP contribution is -2.36. The quantitative estimate of drug-likeness (QED) is 0.415. The minimum absolute atomic E-state index is 0.0105. The van der Waals surface area contributed by atoms with E-state index in [4.69, 9.17) is 0 Å². The molecule has 158 valence electrons. The molecule has 0 radical (unpaired) electrons. The Balaban J connectivity index is 1.59. The van der Waals surface area contributed by atoms with Crippen molar-refractivity contribution >= 4 is 35.1 Å². The molecule has 2 aromatic carbocycles. The number of H-pyrrole nitrogens is 1. The van der Waals surface area contributed by atoms with E-state index in [9.17, 15) is 23.2 Å². The molecule has 31 heavy (non-hydrogen) atoms. The van der Waals surface area contributed by atoms with Crippen LogP contribution in [0.1, 0.15) is 23.5 Å². The standard InChI is InChI=1S/C21H16F2N4O3S/c22-13-6-2-1-5-11(13)10-31-21-26-18-17(20(30)27-21)12(9-16(28)25-18)19(29)24-15-8-4-3-7-14(15)23/h1-8,12H,9-10H2,(H,24,29)(H2,25,26,27,28,30)/t12-/m0/s1. The minimum Gasteiger partial charge on any atom is -0.323 e. The van der Waals surface area contributed by atoms with Gasteiger partial charge in [0, 0.05) is 12.2 Å². The third-order valence-corrected chi connectivity index (χ3v) is 5.62. The maximum atomic E-state index is 13.9. The molecule has 3 N–H and O–H groups in total. The monoisotopic (exact) mass is 442 g/mol. The Kier molecular flexibility index (Phi) is 5.81. The summed E-state index contributed by atoms with van der Waals surface area (Å²) < 4.78 is 27.7. The summed E-state index contributed by atoms with van der Waals surface area (Å²) in [6, 6.07) is 11.8. The van der Waals surface area contributed by atoms with E-state index in [-0.39, 0.29) is 40.2 Å². The van der Waals surface area contributed by atoms with Gasteiger partial charge in [0.1, 0.15) is 17.5 Å². The Morgan fingerprint density at radius 1 is 1.10 bits per heavy atom. The van der Waals surface area contributed by atoms with Gasteiger partial charge in [-0.1, -0.05) is 42.1 Å². The van der Waals surface area contributed by atoms with Crippen molar-refractivity contribution in [1.82, 2.24) is 9.97 Å². The second kappa shape index (κ2) is 8.68. The number of carbonyl (C=O) groups excluding carboxylic acids is 2. The highest BCUT2D eigenvalue weighted by Crippen LogP contribution is 2.31. The summed E-state index contributed by atoms with van der Waals surface area (Å²) in [7, 11) is 0. The fourth-order valence-corrected chi connectivity index (χ4v) is 4.03. The normalized spacial score (nSPS) is 15.2. The van der Waals surface area contributed by atoms with Crippen LogP contribution in [0.5, 0.6) is 0 Å². The van der Waals surface area contributed by atoms with Crippen molar-refractivity contribution in [3.8, 4) is 0 Å². The molecule has 3 aromatic rings. The van der Waals surface area contributed by atoms with Crippen LogP contribution in [0.15, 0.2) is 58.5 Å². The van der Waals surface area contributed by atoms with Gasteiger partial charge >= 0.3 is 0 Å². The van der Waals surface area contributed by atoms with E-state index in [0.717, 1.165) is 11.8 Å². The van der Waals surface area contributed by atoms with Crippen LogP contribution < -0.4 is 16.2 Å². The highest BCUT2D eigenvalue weighted by atomic mass is 32.2. The lowest BCUT2D eigenvalue weighted by atomic mass is 9.92. The number of fused-ring (bicyclic) bond motifs is 1. The molecule has 2 heterocycles. The summed E-state index contributed by atoms with van der Waals surface area (Å²) in [6.45, 7) is 0.